The number of hydrogen-bond donors (Lipinski definition) is 3. The van der Waals surface area contributed by atoms with Crippen LogP contribution in [0.4, 0.5) is 0 Å². The van der Waals surface area contributed by atoms with E-state index >= 15 is 0 Å². The van der Waals surface area contributed by atoms with E-state index in [9.17, 15) is 19.2 Å². The quantitative estimate of drug-likeness (QED) is 0.248. The third-order valence-corrected chi connectivity index (χ3v) is 6.41. The molecule has 9 nitrogen and oxygen atoms in total. The number of nitrogens with zero attached hydrogens (tertiary/aromatic N) is 1. The summed E-state index contributed by atoms with van der Waals surface area (Å²) in [4.78, 5) is 51.9. The second-order valence-electron chi connectivity index (χ2n) is 8.65. The summed E-state index contributed by atoms with van der Waals surface area (Å²) in [6.07, 6.45) is 0.634. The average molecular weight is 642 g/mol. The van der Waals surface area contributed by atoms with Gasteiger partial charge in [0.05, 0.1) is 13.7 Å². The molecule has 0 saturated heterocycles. The summed E-state index contributed by atoms with van der Waals surface area (Å²) in [5, 5.41) is 8.13. The molecule has 0 heterocycles. The minimum Gasteiger partial charge on any atom is -0.497 e. The smallest absolute Gasteiger partial charge is 0.251 e. The van der Waals surface area contributed by atoms with Gasteiger partial charge in [0.15, 0.2) is 0 Å². The van der Waals surface area contributed by atoms with Crippen molar-refractivity contribution in [2.75, 3.05) is 33.3 Å². The van der Waals surface area contributed by atoms with E-state index in [1.54, 1.807) is 37.4 Å². The van der Waals surface area contributed by atoms with Crippen molar-refractivity contribution in [1.82, 2.24) is 20.9 Å². The Balaban J connectivity index is 1.57. The highest BCUT2D eigenvalue weighted by atomic mass is 127. The fraction of sp³-hybridized carbons (Fsp3) is 0.241. The first-order chi connectivity index (χ1) is 18.8. The molecule has 0 bridgehead atoms. The minimum absolute atomic E-state index is 0.248. The molecule has 0 aliphatic heterocycles. The van der Waals surface area contributed by atoms with E-state index in [1.807, 2.05) is 48.5 Å². The van der Waals surface area contributed by atoms with Crippen molar-refractivity contribution in [2.24, 2.45) is 0 Å². The highest BCUT2D eigenvalue weighted by Crippen LogP contribution is 2.11. The van der Waals surface area contributed by atoms with Crippen LogP contribution in [0.1, 0.15) is 21.5 Å². The van der Waals surface area contributed by atoms with Crippen LogP contribution < -0.4 is 20.7 Å². The van der Waals surface area contributed by atoms with Crippen LogP contribution in [0.25, 0.3) is 0 Å². The van der Waals surface area contributed by atoms with Gasteiger partial charge in [-0.1, -0.05) is 48.5 Å². The predicted molar refractivity (Wildman–Crippen MR) is 156 cm³/mol. The lowest BCUT2D eigenvalue weighted by atomic mass is 10.1. The van der Waals surface area contributed by atoms with Crippen molar-refractivity contribution in [3.05, 3.63) is 99.1 Å². The monoisotopic (exact) mass is 642 g/mol. The van der Waals surface area contributed by atoms with E-state index < -0.39 is 23.6 Å². The Morgan fingerprint density at radius 3 is 2.15 bits per heavy atom. The van der Waals surface area contributed by atoms with Crippen molar-refractivity contribution in [1.29, 1.82) is 0 Å². The third kappa shape index (κ3) is 10.4. The maximum atomic E-state index is 13.0. The fourth-order valence-corrected chi connectivity index (χ4v) is 4.17. The van der Waals surface area contributed by atoms with Crippen LogP contribution in [-0.4, -0.2) is 61.8 Å². The highest BCUT2D eigenvalue weighted by molar-refractivity contribution is 14.1. The maximum Gasteiger partial charge on any atom is 0.251 e. The molecule has 0 spiro atoms. The van der Waals surface area contributed by atoms with E-state index in [1.165, 1.54) is 0 Å². The Morgan fingerprint density at radius 2 is 1.49 bits per heavy atom. The predicted octanol–water partition coefficient (Wildman–Crippen LogP) is 2.53. The van der Waals surface area contributed by atoms with Gasteiger partial charge in [-0.25, -0.2) is 0 Å². The second kappa shape index (κ2) is 15.5. The number of methoxy groups -OCH3 is 1. The molecule has 0 radical (unpaired) electrons. The summed E-state index contributed by atoms with van der Waals surface area (Å²) >= 11 is 2.10. The Kier molecular flexibility index (Phi) is 11.8. The zero-order chi connectivity index (χ0) is 28.0. The van der Waals surface area contributed by atoms with Gasteiger partial charge < -0.3 is 25.6 Å². The highest BCUT2D eigenvalue weighted by Gasteiger charge is 2.21. The number of carbonyl (C=O) groups is 4. The second-order valence-corrected chi connectivity index (χ2v) is 9.90. The molecule has 0 atom stereocenters. The van der Waals surface area contributed by atoms with Gasteiger partial charge in [0.25, 0.3) is 5.91 Å². The SMILES string of the molecule is COc1ccc(CNC(=O)CN(CC(=O)NCCc2ccccc2)C(=O)CNC(=O)c2cccc(I)c2)cc1. The molecule has 0 fully saturated rings. The first kappa shape index (κ1) is 29.6. The van der Waals surface area contributed by atoms with Crippen LogP contribution in [0, 0.1) is 3.57 Å². The van der Waals surface area contributed by atoms with Crippen LogP contribution in [0.15, 0.2) is 78.9 Å². The third-order valence-electron chi connectivity index (χ3n) is 5.74. The molecule has 0 saturated carbocycles. The summed E-state index contributed by atoms with van der Waals surface area (Å²) in [6, 6.07) is 23.9. The summed E-state index contributed by atoms with van der Waals surface area (Å²) in [6.45, 7) is -0.369. The van der Waals surface area contributed by atoms with Crippen molar-refractivity contribution in [2.45, 2.75) is 13.0 Å². The molecular weight excluding hydrogens is 611 g/mol. The molecule has 0 aliphatic carbocycles. The lowest BCUT2D eigenvalue weighted by Crippen LogP contribution is -2.49. The average Bonchev–Trinajstić information content (AvgIpc) is 2.95. The van der Waals surface area contributed by atoms with Crippen LogP contribution in [0.2, 0.25) is 0 Å². The molecule has 3 N–H and O–H groups in total. The Bertz CT molecular complexity index is 1270. The van der Waals surface area contributed by atoms with Crippen LogP contribution in [-0.2, 0) is 27.3 Å². The normalized spacial score (nSPS) is 10.3. The molecule has 0 aromatic heterocycles. The molecular formula is C29H31IN4O5. The molecule has 204 valence electrons. The van der Waals surface area contributed by atoms with E-state index in [2.05, 4.69) is 38.5 Å². The van der Waals surface area contributed by atoms with Gasteiger partial charge in [-0.15, -0.1) is 0 Å². The number of nitrogens with one attached hydrogen (secondary N) is 3. The summed E-state index contributed by atoms with van der Waals surface area (Å²) in [5.41, 5.74) is 2.34. The lowest BCUT2D eigenvalue weighted by Gasteiger charge is -2.22. The zero-order valence-electron chi connectivity index (χ0n) is 21.6. The molecule has 10 heteroatoms. The van der Waals surface area contributed by atoms with Gasteiger partial charge in [-0.05, 0) is 70.5 Å². The first-order valence-corrected chi connectivity index (χ1v) is 13.4. The molecule has 3 rings (SSSR count). The fourth-order valence-electron chi connectivity index (χ4n) is 3.63. The van der Waals surface area contributed by atoms with Gasteiger partial charge in [0, 0.05) is 22.2 Å². The summed E-state index contributed by atoms with van der Waals surface area (Å²) in [5.74, 6) is -1.09. The maximum absolute atomic E-state index is 13.0. The van der Waals surface area contributed by atoms with Crippen molar-refractivity contribution in [3.63, 3.8) is 0 Å². The topological polar surface area (TPSA) is 117 Å². The van der Waals surface area contributed by atoms with Crippen LogP contribution in [0.5, 0.6) is 5.75 Å². The van der Waals surface area contributed by atoms with Gasteiger partial charge in [-0.2, -0.15) is 0 Å². The van der Waals surface area contributed by atoms with E-state index in [4.69, 9.17) is 4.74 Å². The molecule has 4 amide bonds. The summed E-state index contributed by atoms with van der Waals surface area (Å²) in [7, 11) is 1.57. The van der Waals surface area contributed by atoms with Gasteiger partial charge >= 0.3 is 0 Å². The van der Waals surface area contributed by atoms with Gasteiger partial charge in [0.2, 0.25) is 17.7 Å². The first-order valence-electron chi connectivity index (χ1n) is 12.4. The Morgan fingerprint density at radius 1 is 0.795 bits per heavy atom. The molecule has 0 unspecified atom stereocenters. The van der Waals surface area contributed by atoms with Gasteiger partial charge in [-0.3, -0.25) is 19.2 Å². The lowest BCUT2D eigenvalue weighted by molar-refractivity contribution is -0.138. The number of ether oxygens (including phenoxy) is 1. The molecule has 3 aromatic rings. The van der Waals surface area contributed by atoms with Crippen molar-refractivity contribution in [3.8, 4) is 5.75 Å². The van der Waals surface area contributed by atoms with Crippen molar-refractivity contribution < 1.29 is 23.9 Å². The van der Waals surface area contributed by atoms with E-state index in [0.717, 1.165) is 19.6 Å². The number of amides is 4. The van der Waals surface area contributed by atoms with E-state index in [-0.39, 0.29) is 26.2 Å². The standard InChI is InChI=1S/C29H31IN4O5/c1-39-25-12-10-22(11-13-25)17-32-27(36)20-34(19-26(35)31-15-14-21-6-3-2-4-7-21)28(37)18-33-29(38)23-8-5-9-24(30)16-23/h2-13,16H,14-15,17-20H2,1H3,(H,31,35)(H,32,36)(H,33,38). The summed E-state index contributed by atoms with van der Waals surface area (Å²) < 4.78 is 6.02. The number of halogens is 1. The van der Waals surface area contributed by atoms with Crippen LogP contribution in [0.3, 0.4) is 0 Å². The minimum atomic E-state index is -0.549. The Hall–Kier alpha value is -3.93. The number of benzene rings is 3. The number of carbonyl (C=O) groups excluding carboxylic acids is 4. The van der Waals surface area contributed by atoms with E-state index in [0.29, 0.717) is 24.3 Å². The molecule has 39 heavy (non-hydrogen) atoms. The van der Waals surface area contributed by atoms with Crippen molar-refractivity contribution >= 4 is 46.2 Å². The molecule has 0 aliphatic rings. The van der Waals surface area contributed by atoms with Crippen LogP contribution >= 0.6 is 22.6 Å². The Labute approximate surface area is 241 Å². The number of rotatable bonds is 13. The zero-order valence-corrected chi connectivity index (χ0v) is 23.8. The molecule has 3 aromatic carbocycles. The van der Waals surface area contributed by atoms with Gasteiger partial charge in [0.1, 0.15) is 18.8 Å². The largest absolute Gasteiger partial charge is 0.497 e. The number of hydrogen-bond acceptors (Lipinski definition) is 5.